The van der Waals surface area contributed by atoms with Crippen LogP contribution in [0.3, 0.4) is 0 Å². The van der Waals surface area contributed by atoms with Crippen LogP contribution in [0.2, 0.25) is 5.02 Å². The van der Waals surface area contributed by atoms with Gasteiger partial charge in [0.1, 0.15) is 0 Å². The number of rotatable bonds is 4. The first kappa shape index (κ1) is 15.3. The number of hydrogen-bond acceptors (Lipinski definition) is 1. The van der Waals surface area contributed by atoms with E-state index >= 15 is 0 Å². The van der Waals surface area contributed by atoms with Crippen molar-refractivity contribution in [3.05, 3.63) is 33.3 Å². The van der Waals surface area contributed by atoms with E-state index in [1.54, 1.807) is 0 Å². The molecule has 1 saturated carbocycles. The predicted octanol–water partition coefficient (Wildman–Crippen LogP) is 5.55. The molecule has 0 aromatic heterocycles. The zero-order chi connectivity index (χ0) is 13.7. The van der Waals surface area contributed by atoms with E-state index in [2.05, 4.69) is 34.2 Å². The summed E-state index contributed by atoms with van der Waals surface area (Å²) in [6, 6.07) is 6.79. The zero-order valence-corrected chi connectivity index (χ0v) is 13.9. The van der Waals surface area contributed by atoms with Crippen LogP contribution in [0.4, 0.5) is 0 Å². The molecule has 1 aliphatic carbocycles. The Kier molecular flexibility index (Phi) is 6.18. The summed E-state index contributed by atoms with van der Waals surface area (Å²) in [5, 5.41) is 4.46. The molecule has 106 valence electrons. The van der Waals surface area contributed by atoms with Gasteiger partial charge in [-0.2, -0.15) is 0 Å². The van der Waals surface area contributed by atoms with Crippen molar-refractivity contribution in [2.45, 2.75) is 58.0 Å². The standard InChI is InChI=1S/C16H23BrClN/c1-12(14-6-4-2-3-5-7-14)19-11-13-8-9-15(17)16(18)10-13/h8-10,12,14,19H,2-7,11H2,1H3/t12-/m1/s1. The van der Waals surface area contributed by atoms with Gasteiger partial charge in [0, 0.05) is 17.1 Å². The summed E-state index contributed by atoms with van der Waals surface area (Å²) in [5.41, 5.74) is 1.26. The van der Waals surface area contributed by atoms with Gasteiger partial charge in [0.15, 0.2) is 0 Å². The zero-order valence-electron chi connectivity index (χ0n) is 11.6. The molecular weight excluding hydrogens is 322 g/mol. The van der Waals surface area contributed by atoms with Gasteiger partial charge in [-0.1, -0.05) is 43.4 Å². The average molecular weight is 345 g/mol. The Hall–Kier alpha value is -0.0500. The smallest absolute Gasteiger partial charge is 0.0551 e. The van der Waals surface area contributed by atoms with E-state index in [0.717, 1.165) is 22.0 Å². The molecule has 1 aliphatic rings. The normalized spacial score (nSPS) is 19.1. The largest absolute Gasteiger partial charge is 0.310 e. The predicted molar refractivity (Wildman–Crippen MR) is 86.6 cm³/mol. The topological polar surface area (TPSA) is 12.0 Å². The summed E-state index contributed by atoms with van der Waals surface area (Å²) < 4.78 is 0.967. The van der Waals surface area contributed by atoms with Gasteiger partial charge >= 0.3 is 0 Å². The van der Waals surface area contributed by atoms with Gasteiger partial charge < -0.3 is 5.32 Å². The Morgan fingerprint density at radius 3 is 2.58 bits per heavy atom. The van der Waals surface area contributed by atoms with Crippen LogP contribution in [0, 0.1) is 5.92 Å². The summed E-state index contributed by atoms with van der Waals surface area (Å²) in [4.78, 5) is 0. The maximum absolute atomic E-state index is 6.12. The van der Waals surface area contributed by atoms with Gasteiger partial charge in [0.2, 0.25) is 0 Å². The van der Waals surface area contributed by atoms with Crippen LogP contribution in [0.15, 0.2) is 22.7 Å². The molecule has 1 atom stereocenters. The molecule has 0 saturated heterocycles. The number of halogens is 2. The molecule has 2 rings (SSSR count). The second kappa shape index (κ2) is 7.66. The Labute approximate surface area is 130 Å². The lowest BCUT2D eigenvalue weighted by Gasteiger charge is -2.23. The third kappa shape index (κ3) is 4.77. The summed E-state index contributed by atoms with van der Waals surface area (Å²) in [6.45, 7) is 3.24. The molecule has 0 heterocycles. The van der Waals surface area contributed by atoms with E-state index in [4.69, 9.17) is 11.6 Å². The van der Waals surface area contributed by atoms with Gasteiger partial charge in [-0.25, -0.2) is 0 Å². The van der Waals surface area contributed by atoms with Crippen molar-refractivity contribution in [3.63, 3.8) is 0 Å². The first-order valence-electron chi connectivity index (χ1n) is 7.34. The average Bonchev–Trinajstić information content (AvgIpc) is 2.69. The van der Waals surface area contributed by atoms with Gasteiger partial charge in [-0.3, -0.25) is 0 Å². The summed E-state index contributed by atoms with van der Waals surface area (Å²) >= 11 is 9.55. The lowest BCUT2D eigenvalue weighted by molar-refractivity contribution is 0.336. The summed E-state index contributed by atoms with van der Waals surface area (Å²) in [5.74, 6) is 0.841. The van der Waals surface area contributed by atoms with Crippen molar-refractivity contribution in [1.82, 2.24) is 5.32 Å². The molecule has 1 nitrogen and oxygen atoms in total. The van der Waals surface area contributed by atoms with E-state index in [9.17, 15) is 0 Å². The Morgan fingerprint density at radius 2 is 1.95 bits per heavy atom. The maximum Gasteiger partial charge on any atom is 0.0551 e. The van der Waals surface area contributed by atoms with Crippen LogP contribution in [0.5, 0.6) is 0 Å². The summed E-state index contributed by atoms with van der Waals surface area (Å²) in [6.07, 6.45) is 8.42. The highest BCUT2D eigenvalue weighted by Gasteiger charge is 2.18. The third-order valence-electron chi connectivity index (χ3n) is 4.22. The fourth-order valence-electron chi connectivity index (χ4n) is 2.91. The molecule has 1 N–H and O–H groups in total. The lowest BCUT2D eigenvalue weighted by atomic mass is 9.93. The third-order valence-corrected chi connectivity index (χ3v) is 5.45. The molecule has 19 heavy (non-hydrogen) atoms. The van der Waals surface area contributed by atoms with Crippen LogP contribution in [0.25, 0.3) is 0 Å². The fourth-order valence-corrected chi connectivity index (χ4v) is 3.36. The minimum atomic E-state index is 0.598. The molecule has 1 aromatic rings. The molecule has 3 heteroatoms. The SMILES string of the molecule is C[C@@H](NCc1ccc(Br)c(Cl)c1)C1CCCCCC1. The highest BCUT2D eigenvalue weighted by Crippen LogP contribution is 2.26. The lowest BCUT2D eigenvalue weighted by Crippen LogP contribution is -2.32. The van der Waals surface area contributed by atoms with Crippen molar-refractivity contribution < 1.29 is 0 Å². The van der Waals surface area contributed by atoms with Gasteiger partial charge in [-0.15, -0.1) is 0 Å². The Bertz CT molecular complexity index is 400. The molecule has 0 unspecified atom stereocenters. The highest BCUT2D eigenvalue weighted by molar-refractivity contribution is 9.10. The number of nitrogens with one attached hydrogen (secondary N) is 1. The van der Waals surface area contributed by atoms with Crippen molar-refractivity contribution >= 4 is 27.5 Å². The van der Waals surface area contributed by atoms with Crippen molar-refractivity contribution in [2.24, 2.45) is 5.92 Å². The van der Waals surface area contributed by atoms with Crippen LogP contribution < -0.4 is 5.32 Å². The van der Waals surface area contributed by atoms with Gasteiger partial charge in [0.25, 0.3) is 0 Å². The van der Waals surface area contributed by atoms with Crippen molar-refractivity contribution in [3.8, 4) is 0 Å². The Balaban J connectivity index is 1.84. The fraction of sp³-hybridized carbons (Fsp3) is 0.625. The van der Waals surface area contributed by atoms with E-state index in [1.807, 2.05) is 12.1 Å². The van der Waals surface area contributed by atoms with Crippen molar-refractivity contribution in [2.75, 3.05) is 0 Å². The molecule has 0 spiro atoms. The van der Waals surface area contributed by atoms with Crippen LogP contribution in [-0.4, -0.2) is 6.04 Å². The molecule has 0 amide bonds. The molecule has 1 aromatic carbocycles. The number of benzene rings is 1. The highest BCUT2D eigenvalue weighted by atomic mass is 79.9. The van der Waals surface area contributed by atoms with Crippen LogP contribution in [-0.2, 0) is 6.54 Å². The van der Waals surface area contributed by atoms with Crippen LogP contribution in [0.1, 0.15) is 51.0 Å². The van der Waals surface area contributed by atoms with Gasteiger partial charge in [-0.05, 0) is 59.3 Å². The summed E-state index contributed by atoms with van der Waals surface area (Å²) in [7, 11) is 0. The number of hydrogen-bond donors (Lipinski definition) is 1. The first-order chi connectivity index (χ1) is 9.16. The molecule has 0 bridgehead atoms. The molecule has 0 radical (unpaired) electrons. The first-order valence-corrected chi connectivity index (χ1v) is 8.51. The monoisotopic (exact) mass is 343 g/mol. The van der Waals surface area contributed by atoms with E-state index in [-0.39, 0.29) is 0 Å². The molecule has 0 aliphatic heterocycles. The van der Waals surface area contributed by atoms with E-state index < -0.39 is 0 Å². The quantitative estimate of drug-likeness (QED) is 0.706. The minimum Gasteiger partial charge on any atom is -0.310 e. The molecular formula is C16H23BrClN. The van der Waals surface area contributed by atoms with Gasteiger partial charge in [0.05, 0.1) is 5.02 Å². The minimum absolute atomic E-state index is 0.598. The maximum atomic E-state index is 6.12. The second-order valence-electron chi connectivity index (χ2n) is 5.67. The second-order valence-corrected chi connectivity index (χ2v) is 6.93. The van der Waals surface area contributed by atoms with E-state index in [0.29, 0.717) is 6.04 Å². The Morgan fingerprint density at radius 1 is 1.26 bits per heavy atom. The van der Waals surface area contributed by atoms with E-state index in [1.165, 1.54) is 44.1 Å². The van der Waals surface area contributed by atoms with Crippen LogP contribution >= 0.6 is 27.5 Å². The van der Waals surface area contributed by atoms with Crippen molar-refractivity contribution in [1.29, 1.82) is 0 Å². The molecule has 1 fully saturated rings.